The van der Waals surface area contributed by atoms with Crippen LogP contribution in [0.2, 0.25) is 0 Å². The summed E-state index contributed by atoms with van der Waals surface area (Å²) in [4.78, 5) is 14.3. The van der Waals surface area contributed by atoms with Crippen LogP contribution in [0.1, 0.15) is 21.7 Å². The van der Waals surface area contributed by atoms with Crippen molar-refractivity contribution in [2.75, 3.05) is 12.0 Å². The Labute approximate surface area is 127 Å². The van der Waals surface area contributed by atoms with Crippen molar-refractivity contribution in [1.29, 1.82) is 0 Å². The van der Waals surface area contributed by atoms with Gasteiger partial charge in [-0.1, -0.05) is 36.4 Å². The number of furan rings is 1. The summed E-state index contributed by atoms with van der Waals surface area (Å²) in [5.74, 6) is -0.168. The lowest BCUT2D eigenvalue weighted by molar-refractivity contribution is 0.0568. The second-order valence-electron chi connectivity index (χ2n) is 5.39. The maximum Gasteiger partial charge on any atom is 0.376 e. The number of carbonyl (C=O) groups is 1. The number of carbonyl (C=O) groups excluding carboxylic acids is 1. The van der Waals surface area contributed by atoms with Gasteiger partial charge in [0.25, 0.3) is 0 Å². The van der Waals surface area contributed by atoms with Crippen LogP contribution < -0.4 is 4.90 Å². The topological polar surface area (TPSA) is 42.7 Å². The average Bonchev–Trinajstić information content (AvgIpc) is 3.14. The molecule has 4 heteroatoms. The molecule has 0 aliphatic carbocycles. The van der Waals surface area contributed by atoms with Crippen molar-refractivity contribution in [2.45, 2.75) is 13.1 Å². The minimum Gasteiger partial charge on any atom is -0.463 e. The first-order valence-corrected chi connectivity index (χ1v) is 7.19. The minimum absolute atomic E-state index is 0.275. The van der Waals surface area contributed by atoms with E-state index >= 15 is 0 Å². The number of benzene rings is 2. The molecule has 0 saturated heterocycles. The van der Waals surface area contributed by atoms with Crippen LogP contribution in [0.25, 0.3) is 11.0 Å². The van der Waals surface area contributed by atoms with E-state index in [2.05, 4.69) is 17.0 Å². The lowest BCUT2D eigenvalue weighted by Crippen LogP contribution is -2.17. The van der Waals surface area contributed by atoms with E-state index in [1.54, 1.807) is 0 Å². The molecule has 0 bridgehead atoms. The molecule has 0 radical (unpaired) electrons. The fourth-order valence-electron chi connectivity index (χ4n) is 3.07. The van der Waals surface area contributed by atoms with E-state index in [4.69, 9.17) is 9.15 Å². The summed E-state index contributed by atoms with van der Waals surface area (Å²) < 4.78 is 10.6. The van der Waals surface area contributed by atoms with Crippen molar-refractivity contribution >= 4 is 22.6 Å². The summed E-state index contributed by atoms with van der Waals surface area (Å²) >= 11 is 0. The number of rotatable bonds is 2. The number of esters is 1. The molecule has 1 aromatic heterocycles. The highest BCUT2D eigenvalue weighted by Gasteiger charge is 2.29. The Bertz CT molecular complexity index is 841. The number of para-hydroxylation sites is 1. The molecule has 3 aromatic rings. The van der Waals surface area contributed by atoms with Gasteiger partial charge in [-0.15, -0.1) is 0 Å². The quantitative estimate of drug-likeness (QED) is 0.675. The first kappa shape index (κ1) is 13.0. The van der Waals surface area contributed by atoms with Gasteiger partial charge in [0.1, 0.15) is 5.58 Å². The van der Waals surface area contributed by atoms with E-state index in [1.165, 1.54) is 18.2 Å². The van der Waals surface area contributed by atoms with Crippen molar-refractivity contribution in [3.8, 4) is 0 Å². The Kier molecular flexibility index (Phi) is 2.89. The van der Waals surface area contributed by atoms with Gasteiger partial charge in [-0.3, -0.25) is 0 Å². The summed E-state index contributed by atoms with van der Waals surface area (Å²) in [5, 5.41) is 0.940. The molecule has 1 aliphatic rings. The fraction of sp³-hybridized carbons (Fsp3) is 0.167. The molecule has 4 rings (SSSR count). The van der Waals surface area contributed by atoms with Gasteiger partial charge in [0.2, 0.25) is 5.76 Å². The summed E-state index contributed by atoms with van der Waals surface area (Å²) in [6, 6.07) is 16.0. The van der Waals surface area contributed by atoms with Crippen LogP contribution in [0, 0.1) is 0 Å². The lowest BCUT2D eigenvalue weighted by atomic mass is 10.1. The Hall–Kier alpha value is -2.75. The van der Waals surface area contributed by atoms with Crippen LogP contribution in [0.15, 0.2) is 52.9 Å². The monoisotopic (exact) mass is 293 g/mol. The van der Waals surface area contributed by atoms with Gasteiger partial charge < -0.3 is 14.1 Å². The van der Waals surface area contributed by atoms with E-state index in [-0.39, 0.29) is 5.76 Å². The normalized spacial score (nSPS) is 13.4. The van der Waals surface area contributed by atoms with Crippen LogP contribution in [0.3, 0.4) is 0 Å². The molecule has 0 atom stereocenters. The Morgan fingerprint density at radius 2 is 1.68 bits per heavy atom. The second kappa shape index (κ2) is 4.91. The number of anilines is 1. The number of hydrogen-bond donors (Lipinski definition) is 0. The molecule has 22 heavy (non-hydrogen) atoms. The Morgan fingerprint density at radius 1 is 1.05 bits per heavy atom. The Morgan fingerprint density at radius 3 is 2.36 bits per heavy atom. The highest BCUT2D eigenvalue weighted by molar-refractivity contribution is 6.04. The van der Waals surface area contributed by atoms with Crippen molar-refractivity contribution in [3.63, 3.8) is 0 Å². The number of methoxy groups -OCH3 is 1. The van der Waals surface area contributed by atoms with Crippen LogP contribution in [-0.4, -0.2) is 13.1 Å². The van der Waals surface area contributed by atoms with E-state index in [9.17, 15) is 4.79 Å². The van der Waals surface area contributed by atoms with Gasteiger partial charge in [-0.25, -0.2) is 4.79 Å². The number of ether oxygens (including phenoxy) is 1. The van der Waals surface area contributed by atoms with Gasteiger partial charge in [0.15, 0.2) is 0 Å². The molecule has 110 valence electrons. The smallest absolute Gasteiger partial charge is 0.376 e. The van der Waals surface area contributed by atoms with Crippen LogP contribution in [-0.2, 0) is 17.8 Å². The number of nitrogens with zero attached hydrogens (tertiary/aromatic N) is 1. The van der Waals surface area contributed by atoms with E-state index in [1.807, 2.05) is 36.4 Å². The van der Waals surface area contributed by atoms with E-state index in [0.29, 0.717) is 5.58 Å². The molecule has 0 fully saturated rings. The molecule has 0 saturated carbocycles. The highest BCUT2D eigenvalue weighted by atomic mass is 16.5. The van der Waals surface area contributed by atoms with Crippen molar-refractivity contribution in [2.24, 2.45) is 0 Å². The average molecular weight is 293 g/mol. The lowest BCUT2D eigenvalue weighted by Gasteiger charge is -2.17. The first-order chi connectivity index (χ1) is 10.8. The first-order valence-electron chi connectivity index (χ1n) is 7.19. The summed E-state index contributed by atoms with van der Waals surface area (Å²) in [6.07, 6.45) is 0. The zero-order valence-electron chi connectivity index (χ0n) is 12.2. The van der Waals surface area contributed by atoms with Gasteiger partial charge in [0.05, 0.1) is 12.8 Å². The number of hydrogen-bond acceptors (Lipinski definition) is 4. The van der Waals surface area contributed by atoms with Gasteiger partial charge in [-0.05, 0) is 23.3 Å². The summed E-state index contributed by atoms with van der Waals surface area (Å²) in [7, 11) is 1.37. The van der Waals surface area contributed by atoms with Crippen molar-refractivity contribution in [3.05, 3.63) is 65.4 Å². The molecule has 4 nitrogen and oxygen atoms in total. The van der Waals surface area contributed by atoms with Gasteiger partial charge in [0, 0.05) is 18.5 Å². The largest absolute Gasteiger partial charge is 0.463 e. The molecule has 2 aromatic carbocycles. The van der Waals surface area contributed by atoms with Crippen LogP contribution >= 0.6 is 0 Å². The molecular weight excluding hydrogens is 278 g/mol. The molecule has 0 amide bonds. The maximum atomic E-state index is 12.1. The van der Waals surface area contributed by atoms with Crippen LogP contribution in [0.5, 0.6) is 0 Å². The fourth-order valence-corrected chi connectivity index (χ4v) is 3.07. The molecular formula is C18H15NO3. The summed E-state index contributed by atoms with van der Waals surface area (Å²) in [6.45, 7) is 1.54. The third-order valence-corrected chi connectivity index (χ3v) is 4.10. The zero-order chi connectivity index (χ0) is 15.1. The van der Waals surface area contributed by atoms with Gasteiger partial charge >= 0.3 is 5.97 Å². The second-order valence-corrected chi connectivity index (χ2v) is 5.39. The van der Waals surface area contributed by atoms with Crippen molar-refractivity contribution < 1.29 is 13.9 Å². The third-order valence-electron chi connectivity index (χ3n) is 4.10. The molecule has 1 aliphatic heterocycles. The van der Waals surface area contributed by atoms with E-state index in [0.717, 1.165) is 24.2 Å². The minimum atomic E-state index is -0.442. The molecule has 0 unspecified atom stereocenters. The zero-order valence-corrected chi connectivity index (χ0v) is 12.2. The SMILES string of the molecule is COC(=O)c1oc2ccccc2c1N1Cc2ccccc2C1. The maximum absolute atomic E-state index is 12.1. The van der Waals surface area contributed by atoms with E-state index < -0.39 is 5.97 Å². The molecule has 2 heterocycles. The predicted molar refractivity (Wildman–Crippen MR) is 83.9 cm³/mol. The number of fused-ring (bicyclic) bond motifs is 2. The van der Waals surface area contributed by atoms with Gasteiger partial charge in [-0.2, -0.15) is 0 Å². The standard InChI is InChI=1S/C18H15NO3/c1-21-18(20)17-16(14-8-4-5-9-15(14)22-17)19-10-12-6-2-3-7-13(12)11-19/h2-9H,10-11H2,1H3. The van der Waals surface area contributed by atoms with Crippen molar-refractivity contribution in [1.82, 2.24) is 0 Å². The molecule has 0 N–H and O–H groups in total. The summed E-state index contributed by atoms with van der Waals surface area (Å²) in [5.41, 5.74) is 4.08. The molecule has 0 spiro atoms. The highest BCUT2D eigenvalue weighted by Crippen LogP contribution is 2.38. The predicted octanol–water partition coefficient (Wildman–Crippen LogP) is 3.74. The third kappa shape index (κ3) is 1.88. The van der Waals surface area contributed by atoms with Crippen LogP contribution in [0.4, 0.5) is 5.69 Å². The Balaban J connectivity index is 1.86.